The average molecular weight is 221 g/mol. The number of aliphatic hydroxyl groups is 2. The maximum atomic E-state index is 9.77. The minimum atomic E-state index is -2.27. The standard InChI is InChI=1S/C4H9N.C4H6O6/c1-2-4-5-3-1;5-1(3(7)8)2(6)4(9)10/h5H,1-4H2;1-2,5-6H,(H,7,8)(H,9,10)/t;1-,2-/m.0/s1. The molecule has 1 saturated heterocycles. The molecule has 7 heteroatoms. The smallest absolute Gasteiger partial charge is 0.335 e. The molecule has 0 aliphatic carbocycles. The van der Waals surface area contributed by atoms with Gasteiger partial charge in [-0.15, -0.1) is 0 Å². The zero-order chi connectivity index (χ0) is 11.8. The van der Waals surface area contributed by atoms with Crippen LogP contribution >= 0.6 is 0 Å². The molecule has 1 rings (SSSR count). The Labute approximate surface area is 86.3 Å². The molecule has 0 unspecified atom stereocenters. The Hall–Kier alpha value is -1.18. The molecule has 0 aromatic rings. The maximum absolute atomic E-state index is 9.77. The SMILES string of the molecule is C1CCNC1.O=C(O)[C@@H](O)[C@H](O)C(=O)O. The highest BCUT2D eigenvalue weighted by Crippen LogP contribution is 1.92. The summed E-state index contributed by atoms with van der Waals surface area (Å²) in [5.74, 6) is -3.54. The van der Waals surface area contributed by atoms with Crippen molar-refractivity contribution < 1.29 is 30.0 Å². The first-order chi connectivity index (χ1) is 6.96. The number of nitrogens with one attached hydrogen (secondary N) is 1. The Balaban J connectivity index is 0.000000322. The van der Waals surface area contributed by atoms with Gasteiger partial charge in [0, 0.05) is 0 Å². The molecule has 0 radical (unpaired) electrons. The zero-order valence-electron chi connectivity index (χ0n) is 8.09. The summed E-state index contributed by atoms with van der Waals surface area (Å²) in [5.41, 5.74) is 0. The molecule has 2 atom stereocenters. The fourth-order valence-corrected chi connectivity index (χ4v) is 0.895. The summed E-state index contributed by atoms with van der Waals surface area (Å²) >= 11 is 0. The minimum absolute atomic E-state index is 1.25. The predicted octanol–water partition coefficient (Wildman–Crippen LogP) is -1.75. The van der Waals surface area contributed by atoms with Gasteiger partial charge in [-0.1, -0.05) is 0 Å². The van der Waals surface area contributed by atoms with Crippen molar-refractivity contribution in [2.75, 3.05) is 13.1 Å². The van der Waals surface area contributed by atoms with E-state index in [2.05, 4.69) is 5.32 Å². The first-order valence-electron chi connectivity index (χ1n) is 4.49. The quantitative estimate of drug-likeness (QED) is 0.382. The fraction of sp³-hybridized carbons (Fsp3) is 0.750. The first-order valence-corrected chi connectivity index (χ1v) is 4.49. The summed E-state index contributed by atoms with van der Waals surface area (Å²) in [6.45, 7) is 2.50. The van der Waals surface area contributed by atoms with Crippen LogP contribution in [0.4, 0.5) is 0 Å². The third-order valence-electron chi connectivity index (χ3n) is 1.76. The molecule has 0 saturated carbocycles. The van der Waals surface area contributed by atoms with Gasteiger partial charge >= 0.3 is 11.9 Å². The lowest BCUT2D eigenvalue weighted by atomic mass is 10.2. The fourth-order valence-electron chi connectivity index (χ4n) is 0.895. The Morgan fingerprint density at radius 3 is 1.40 bits per heavy atom. The van der Waals surface area contributed by atoms with Crippen LogP contribution < -0.4 is 5.32 Å². The molecule has 0 aromatic heterocycles. The number of aliphatic hydroxyl groups excluding tert-OH is 2. The normalized spacial score (nSPS) is 18.5. The average Bonchev–Trinajstić information content (AvgIpc) is 2.73. The Morgan fingerprint density at radius 2 is 1.27 bits per heavy atom. The van der Waals surface area contributed by atoms with Gasteiger partial charge in [0.25, 0.3) is 0 Å². The van der Waals surface area contributed by atoms with Gasteiger partial charge in [-0.05, 0) is 25.9 Å². The minimum Gasteiger partial charge on any atom is -0.479 e. The second-order valence-electron chi connectivity index (χ2n) is 3.02. The molecule has 88 valence electrons. The van der Waals surface area contributed by atoms with Crippen LogP contribution in [-0.2, 0) is 9.59 Å². The van der Waals surface area contributed by atoms with Crippen molar-refractivity contribution in [3.63, 3.8) is 0 Å². The molecule has 0 aromatic carbocycles. The topological polar surface area (TPSA) is 127 Å². The molecule has 1 fully saturated rings. The number of aliphatic carboxylic acids is 2. The number of hydrogen-bond acceptors (Lipinski definition) is 5. The number of carboxylic acids is 2. The van der Waals surface area contributed by atoms with E-state index in [1.54, 1.807) is 0 Å². The molecule has 1 aliphatic heterocycles. The van der Waals surface area contributed by atoms with E-state index in [9.17, 15) is 9.59 Å². The van der Waals surface area contributed by atoms with Crippen molar-refractivity contribution in [2.45, 2.75) is 25.0 Å². The lowest BCUT2D eigenvalue weighted by molar-refractivity contribution is -0.165. The Kier molecular flexibility index (Phi) is 6.59. The maximum Gasteiger partial charge on any atom is 0.335 e. The van der Waals surface area contributed by atoms with Gasteiger partial charge in [-0.25, -0.2) is 9.59 Å². The van der Waals surface area contributed by atoms with Gasteiger partial charge in [0.05, 0.1) is 0 Å². The largest absolute Gasteiger partial charge is 0.479 e. The summed E-state index contributed by atoms with van der Waals surface area (Å²) < 4.78 is 0. The van der Waals surface area contributed by atoms with E-state index < -0.39 is 24.1 Å². The van der Waals surface area contributed by atoms with E-state index in [-0.39, 0.29) is 0 Å². The molecular weight excluding hydrogens is 206 g/mol. The summed E-state index contributed by atoms with van der Waals surface area (Å²) in [6.07, 6.45) is -1.75. The molecule has 1 aliphatic rings. The van der Waals surface area contributed by atoms with Crippen molar-refractivity contribution in [1.82, 2.24) is 5.32 Å². The molecular formula is C8H15NO6. The van der Waals surface area contributed by atoms with Crippen molar-refractivity contribution >= 4 is 11.9 Å². The summed E-state index contributed by atoms with van der Waals surface area (Å²) in [7, 11) is 0. The number of carboxylic acid groups (broad SMARTS) is 2. The van der Waals surface area contributed by atoms with Crippen LogP contribution in [-0.4, -0.2) is 57.7 Å². The van der Waals surface area contributed by atoms with E-state index in [1.807, 2.05) is 0 Å². The third-order valence-corrected chi connectivity index (χ3v) is 1.76. The Morgan fingerprint density at radius 1 is 0.933 bits per heavy atom. The summed E-state index contributed by atoms with van der Waals surface area (Å²) in [6, 6.07) is 0. The van der Waals surface area contributed by atoms with Gasteiger partial charge < -0.3 is 25.7 Å². The van der Waals surface area contributed by atoms with E-state index in [0.29, 0.717) is 0 Å². The predicted molar refractivity (Wildman–Crippen MR) is 49.4 cm³/mol. The number of carbonyl (C=O) groups is 2. The van der Waals surface area contributed by atoms with Crippen molar-refractivity contribution in [2.24, 2.45) is 0 Å². The lowest BCUT2D eigenvalue weighted by Gasteiger charge is -2.07. The Bertz CT molecular complexity index is 190. The van der Waals surface area contributed by atoms with Crippen molar-refractivity contribution in [1.29, 1.82) is 0 Å². The number of rotatable bonds is 3. The monoisotopic (exact) mass is 221 g/mol. The van der Waals surface area contributed by atoms with Crippen molar-refractivity contribution in [3.05, 3.63) is 0 Å². The van der Waals surface area contributed by atoms with Crippen LogP contribution in [0.15, 0.2) is 0 Å². The molecule has 0 bridgehead atoms. The van der Waals surface area contributed by atoms with Crippen LogP contribution in [0.2, 0.25) is 0 Å². The van der Waals surface area contributed by atoms with Crippen LogP contribution in [0.25, 0.3) is 0 Å². The van der Waals surface area contributed by atoms with Crippen LogP contribution in [0, 0.1) is 0 Å². The van der Waals surface area contributed by atoms with Crippen molar-refractivity contribution in [3.8, 4) is 0 Å². The van der Waals surface area contributed by atoms with Gasteiger partial charge in [-0.2, -0.15) is 0 Å². The van der Waals surface area contributed by atoms with E-state index in [1.165, 1.54) is 25.9 Å². The third kappa shape index (κ3) is 6.00. The van der Waals surface area contributed by atoms with Crippen LogP contribution in [0.1, 0.15) is 12.8 Å². The van der Waals surface area contributed by atoms with Gasteiger partial charge in [0.15, 0.2) is 12.2 Å². The van der Waals surface area contributed by atoms with Gasteiger partial charge in [0.2, 0.25) is 0 Å². The second kappa shape index (κ2) is 7.16. The van der Waals surface area contributed by atoms with E-state index in [4.69, 9.17) is 20.4 Å². The highest BCUT2D eigenvalue weighted by atomic mass is 16.4. The summed E-state index contributed by atoms with van der Waals surface area (Å²) in [5, 5.41) is 35.7. The van der Waals surface area contributed by atoms with Crippen LogP contribution in [0.5, 0.6) is 0 Å². The second-order valence-corrected chi connectivity index (χ2v) is 3.02. The number of hydrogen-bond donors (Lipinski definition) is 5. The molecule has 7 nitrogen and oxygen atoms in total. The van der Waals surface area contributed by atoms with Gasteiger partial charge in [0.1, 0.15) is 0 Å². The zero-order valence-corrected chi connectivity index (χ0v) is 8.09. The molecule has 1 heterocycles. The van der Waals surface area contributed by atoms with E-state index in [0.717, 1.165) is 0 Å². The first kappa shape index (κ1) is 13.8. The molecule has 5 N–H and O–H groups in total. The lowest BCUT2D eigenvalue weighted by Crippen LogP contribution is -2.39. The molecule has 0 amide bonds. The van der Waals surface area contributed by atoms with E-state index >= 15 is 0 Å². The van der Waals surface area contributed by atoms with Crippen LogP contribution in [0.3, 0.4) is 0 Å². The summed E-state index contributed by atoms with van der Waals surface area (Å²) in [4.78, 5) is 19.5. The molecule has 0 spiro atoms. The highest BCUT2D eigenvalue weighted by molar-refractivity contribution is 5.83. The highest BCUT2D eigenvalue weighted by Gasteiger charge is 2.29. The van der Waals surface area contributed by atoms with Gasteiger partial charge in [-0.3, -0.25) is 0 Å². The molecule has 15 heavy (non-hydrogen) atoms.